The molecule has 1 fully saturated rings. The SMILES string of the molecule is C1=Cc2ccccc2ON1.O=C1CCCN1. The van der Waals surface area contributed by atoms with Gasteiger partial charge in [-0.1, -0.05) is 18.2 Å². The van der Waals surface area contributed by atoms with Crippen molar-refractivity contribution in [3.63, 3.8) is 0 Å². The smallest absolute Gasteiger partial charge is 0.220 e. The lowest BCUT2D eigenvalue weighted by atomic mass is 10.2. The van der Waals surface area contributed by atoms with Crippen molar-refractivity contribution >= 4 is 12.0 Å². The predicted octanol–water partition coefficient (Wildman–Crippen LogP) is 1.45. The van der Waals surface area contributed by atoms with Gasteiger partial charge in [0.1, 0.15) is 0 Å². The van der Waals surface area contributed by atoms with Crippen LogP contribution in [-0.2, 0) is 4.79 Å². The van der Waals surface area contributed by atoms with Crippen molar-refractivity contribution in [2.75, 3.05) is 6.54 Å². The van der Waals surface area contributed by atoms with Crippen molar-refractivity contribution in [1.82, 2.24) is 10.8 Å². The van der Waals surface area contributed by atoms with E-state index in [-0.39, 0.29) is 5.91 Å². The Bertz CT molecular complexity index is 394. The quantitative estimate of drug-likeness (QED) is 0.693. The molecule has 0 radical (unpaired) electrons. The third-order valence-corrected chi connectivity index (χ3v) is 2.32. The molecule has 0 aliphatic carbocycles. The Hall–Kier alpha value is -1.97. The number of rotatable bonds is 0. The fourth-order valence-electron chi connectivity index (χ4n) is 1.50. The van der Waals surface area contributed by atoms with Crippen LogP contribution in [0.2, 0.25) is 0 Å². The van der Waals surface area contributed by atoms with Crippen LogP contribution in [0.1, 0.15) is 18.4 Å². The van der Waals surface area contributed by atoms with Crippen molar-refractivity contribution in [1.29, 1.82) is 0 Å². The van der Waals surface area contributed by atoms with E-state index in [0.717, 1.165) is 30.7 Å². The summed E-state index contributed by atoms with van der Waals surface area (Å²) in [6.45, 7) is 0.888. The molecule has 0 aromatic heterocycles. The average molecular weight is 218 g/mol. The molecule has 0 bridgehead atoms. The maximum atomic E-state index is 10.1. The monoisotopic (exact) mass is 218 g/mol. The zero-order chi connectivity index (χ0) is 11.2. The van der Waals surface area contributed by atoms with Gasteiger partial charge in [0, 0.05) is 24.7 Å². The molecule has 16 heavy (non-hydrogen) atoms. The molecule has 2 aliphatic rings. The summed E-state index contributed by atoms with van der Waals surface area (Å²) in [5.74, 6) is 1.08. The summed E-state index contributed by atoms with van der Waals surface area (Å²) in [4.78, 5) is 15.2. The van der Waals surface area contributed by atoms with Crippen molar-refractivity contribution in [2.24, 2.45) is 0 Å². The highest BCUT2D eigenvalue weighted by molar-refractivity contribution is 5.77. The number of carbonyl (C=O) groups excluding carboxylic acids is 1. The first kappa shape index (κ1) is 10.5. The molecule has 1 aromatic rings. The van der Waals surface area contributed by atoms with Gasteiger partial charge in [0.15, 0.2) is 5.75 Å². The van der Waals surface area contributed by atoms with Gasteiger partial charge in [-0.15, -0.1) is 0 Å². The van der Waals surface area contributed by atoms with E-state index in [0.29, 0.717) is 0 Å². The average Bonchev–Trinajstić information content (AvgIpc) is 2.81. The Balaban J connectivity index is 0.000000138. The molecule has 2 N–H and O–H groups in total. The van der Waals surface area contributed by atoms with Gasteiger partial charge in [0.05, 0.1) is 0 Å². The molecule has 0 unspecified atom stereocenters. The second kappa shape index (κ2) is 5.21. The summed E-state index contributed by atoms with van der Waals surface area (Å²) < 4.78 is 0. The highest BCUT2D eigenvalue weighted by atomic mass is 16.6. The number of fused-ring (bicyclic) bond motifs is 1. The van der Waals surface area contributed by atoms with Crippen LogP contribution >= 0.6 is 0 Å². The third-order valence-electron chi connectivity index (χ3n) is 2.32. The summed E-state index contributed by atoms with van der Waals surface area (Å²) in [6, 6.07) is 7.86. The largest absolute Gasteiger partial charge is 0.382 e. The van der Waals surface area contributed by atoms with E-state index in [2.05, 4.69) is 10.8 Å². The molecule has 1 saturated heterocycles. The summed E-state index contributed by atoms with van der Waals surface area (Å²) in [7, 11) is 0. The van der Waals surface area contributed by atoms with Crippen LogP contribution in [0.4, 0.5) is 0 Å². The second-order valence-corrected chi connectivity index (χ2v) is 3.54. The summed E-state index contributed by atoms with van der Waals surface area (Å²) in [5, 5.41) is 2.68. The maximum Gasteiger partial charge on any atom is 0.220 e. The van der Waals surface area contributed by atoms with Crippen LogP contribution < -0.4 is 15.6 Å². The van der Waals surface area contributed by atoms with Gasteiger partial charge in [-0.2, -0.15) is 0 Å². The van der Waals surface area contributed by atoms with E-state index in [1.165, 1.54) is 0 Å². The van der Waals surface area contributed by atoms with Crippen molar-refractivity contribution < 1.29 is 9.63 Å². The molecule has 0 atom stereocenters. The molecule has 4 nitrogen and oxygen atoms in total. The van der Waals surface area contributed by atoms with Crippen LogP contribution in [0.25, 0.3) is 6.08 Å². The minimum absolute atomic E-state index is 0.204. The minimum atomic E-state index is 0.204. The summed E-state index contributed by atoms with van der Waals surface area (Å²) in [5.41, 5.74) is 3.77. The van der Waals surface area contributed by atoms with E-state index in [1.807, 2.05) is 30.3 Å². The van der Waals surface area contributed by atoms with Gasteiger partial charge in [-0.05, 0) is 18.6 Å². The molecular formula is C12H14N2O2. The number of benzene rings is 1. The van der Waals surface area contributed by atoms with Gasteiger partial charge in [0.2, 0.25) is 5.91 Å². The topological polar surface area (TPSA) is 50.4 Å². The fraction of sp³-hybridized carbons (Fsp3) is 0.250. The van der Waals surface area contributed by atoms with Crippen molar-refractivity contribution in [3.05, 3.63) is 36.0 Å². The van der Waals surface area contributed by atoms with Gasteiger partial charge in [-0.25, -0.2) is 5.48 Å². The van der Waals surface area contributed by atoms with Crippen molar-refractivity contribution in [2.45, 2.75) is 12.8 Å². The van der Waals surface area contributed by atoms with E-state index in [4.69, 9.17) is 4.84 Å². The lowest BCUT2D eigenvalue weighted by Crippen LogP contribution is -2.13. The first-order valence-electron chi connectivity index (χ1n) is 5.31. The molecule has 2 aliphatic heterocycles. The number of hydroxylamine groups is 1. The van der Waals surface area contributed by atoms with Gasteiger partial charge < -0.3 is 10.2 Å². The molecule has 0 spiro atoms. The first-order chi connectivity index (χ1) is 7.86. The van der Waals surface area contributed by atoms with Crippen LogP contribution in [-0.4, -0.2) is 12.5 Å². The van der Waals surface area contributed by atoms with E-state index >= 15 is 0 Å². The highest BCUT2D eigenvalue weighted by Gasteiger charge is 2.05. The molecule has 2 heterocycles. The molecule has 0 saturated carbocycles. The van der Waals surface area contributed by atoms with Gasteiger partial charge >= 0.3 is 0 Å². The Kier molecular flexibility index (Phi) is 3.43. The van der Waals surface area contributed by atoms with Crippen molar-refractivity contribution in [3.8, 4) is 5.75 Å². The number of hydrogen-bond acceptors (Lipinski definition) is 3. The number of para-hydroxylation sites is 1. The molecule has 3 rings (SSSR count). The predicted molar refractivity (Wildman–Crippen MR) is 61.5 cm³/mol. The van der Waals surface area contributed by atoms with Crippen LogP contribution in [0.3, 0.4) is 0 Å². The van der Waals surface area contributed by atoms with E-state index in [1.54, 1.807) is 6.20 Å². The van der Waals surface area contributed by atoms with Gasteiger partial charge in [-0.3, -0.25) is 4.79 Å². The lowest BCUT2D eigenvalue weighted by molar-refractivity contribution is -0.119. The molecule has 84 valence electrons. The zero-order valence-corrected chi connectivity index (χ0v) is 8.90. The third kappa shape index (κ3) is 2.76. The number of hydrogen-bond donors (Lipinski definition) is 2. The fourth-order valence-corrected chi connectivity index (χ4v) is 1.50. The molecule has 1 aromatic carbocycles. The Morgan fingerprint density at radius 2 is 2.12 bits per heavy atom. The highest BCUT2D eigenvalue weighted by Crippen LogP contribution is 2.20. The van der Waals surface area contributed by atoms with Crippen LogP contribution in [0.5, 0.6) is 5.75 Å². The van der Waals surface area contributed by atoms with E-state index in [9.17, 15) is 4.79 Å². The number of carbonyl (C=O) groups is 1. The molecular weight excluding hydrogens is 204 g/mol. The number of nitrogens with one attached hydrogen (secondary N) is 2. The lowest BCUT2D eigenvalue weighted by Gasteiger charge is -2.11. The maximum absolute atomic E-state index is 10.1. The normalized spacial score (nSPS) is 16.1. The summed E-state index contributed by atoms with van der Waals surface area (Å²) in [6.07, 6.45) is 5.50. The minimum Gasteiger partial charge on any atom is -0.382 e. The zero-order valence-electron chi connectivity index (χ0n) is 8.90. The molecule has 1 amide bonds. The first-order valence-corrected chi connectivity index (χ1v) is 5.31. The van der Waals surface area contributed by atoms with Gasteiger partial charge in [0.25, 0.3) is 0 Å². The van der Waals surface area contributed by atoms with Crippen LogP contribution in [0.15, 0.2) is 30.5 Å². The Morgan fingerprint density at radius 1 is 1.25 bits per heavy atom. The summed E-state index contributed by atoms with van der Waals surface area (Å²) >= 11 is 0. The number of amides is 1. The second-order valence-electron chi connectivity index (χ2n) is 3.54. The van der Waals surface area contributed by atoms with Crippen LogP contribution in [0, 0.1) is 0 Å². The molecule has 4 heteroatoms. The van der Waals surface area contributed by atoms with E-state index < -0.39 is 0 Å². The standard InChI is InChI=1S/C8H7NO.C4H7NO/c1-2-4-8-7(3-1)5-6-9-10-8;6-4-2-1-3-5-4/h1-6,9H;1-3H2,(H,5,6). The Morgan fingerprint density at radius 3 is 2.75 bits per heavy atom. The Labute approximate surface area is 94.3 Å².